The van der Waals surface area contributed by atoms with E-state index in [0.717, 1.165) is 17.0 Å². The number of carbonyl (C=O) groups excluding carboxylic acids is 1. The second-order valence-electron chi connectivity index (χ2n) is 4.97. The molecule has 22 heavy (non-hydrogen) atoms. The van der Waals surface area contributed by atoms with Crippen molar-refractivity contribution < 1.29 is 14.3 Å². The zero-order valence-corrected chi connectivity index (χ0v) is 13.1. The Hall–Kier alpha value is -2.49. The summed E-state index contributed by atoms with van der Waals surface area (Å²) in [5.41, 5.74) is 1.82. The van der Waals surface area contributed by atoms with Crippen LogP contribution in [0.2, 0.25) is 0 Å². The summed E-state index contributed by atoms with van der Waals surface area (Å²) in [6.07, 6.45) is -0.586. The van der Waals surface area contributed by atoms with Gasteiger partial charge in [-0.2, -0.15) is 0 Å². The van der Waals surface area contributed by atoms with Crippen LogP contribution in [0.1, 0.15) is 19.4 Å². The molecule has 4 nitrogen and oxygen atoms in total. The zero-order chi connectivity index (χ0) is 15.9. The van der Waals surface area contributed by atoms with Crippen LogP contribution in [0, 0.1) is 6.92 Å². The third-order valence-corrected chi connectivity index (χ3v) is 3.22. The number of benzene rings is 2. The molecule has 0 heterocycles. The van der Waals surface area contributed by atoms with E-state index in [2.05, 4.69) is 5.32 Å². The molecular formula is C18H21NO3. The van der Waals surface area contributed by atoms with Gasteiger partial charge in [-0.15, -0.1) is 0 Å². The lowest BCUT2D eigenvalue weighted by Gasteiger charge is -2.16. The van der Waals surface area contributed by atoms with Crippen molar-refractivity contribution in [2.24, 2.45) is 0 Å². The van der Waals surface area contributed by atoms with Crippen LogP contribution >= 0.6 is 0 Å². The Labute approximate surface area is 131 Å². The van der Waals surface area contributed by atoms with Gasteiger partial charge >= 0.3 is 0 Å². The Morgan fingerprint density at radius 3 is 2.36 bits per heavy atom. The van der Waals surface area contributed by atoms with E-state index in [4.69, 9.17) is 9.47 Å². The number of hydrogen-bond acceptors (Lipinski definition) is 3. The fourth-order valence-corrected chi connectivity index (χ4v) is 1.99. The fourth-order valence-electron chi connectivity index (χ4n) is 1.99. The highest BCUT2D eigenvalue weighted by atomic mass is 16.5. The first-order valence-corrected chi connectivity index (χ1v) is 7.36. The van der Waals surface area contributed by atoms with Crippen molar-refractivity contribution in [3.05, 3.63) is 54.1 Å². The minimum Gasteiger partial charge on any atom is -0.494 e. The molecule has 1 amide bonds. The lowest BCUT2D eigenvalue weighted by molar-refractivity contribution is -0.122. The molecule has 0 saturated carbocycles. The highest BCUT2D eigenvalue weighted by Crippen LogP contribution is 2.19. The number of hydrogen-bond donors (Lipinski definition) is 1. The van der Waals surface area contributed by atoms with E-state index < -0.39 is 6.10 Å². The lowest BCUT2D eigenvalue weighted by Crippen LogP contribution is -2.30. The van der Waals surface area contributed by atoms with Crippen molar-refractivity contribution >= 4 is 11.6 Å². The number of nitrogens with one attached hydrogen (secondary N) is 1. The summed E-state index contributed by atoms with van der Waals surface area (Å²) in [6.45, 7) is 6.23. The van der Waals surface area contributed by atoms with Gasteiger partial charge in [0.2, 0.25) is 0 Å². The first kappa shape index (κ1) is 15.9. The van der Waals surface area contributed by atoms with Crippen LogP contribution in [0.3, 0.4) is 0 Å². The summed E-state index contributed by atoms with van der Waals surface area (Å²) in [5.74, 6) is 1.24. The van der Waals surface area contributed by atoms with Gasteiger partial charge in [0.05, 0.1) is 6.61 Å². The molecule has 0 aliphatic heterocycles. The summed E-state index contributed by atoms with van der Waals surface area (Å²) in [4.78, 5) is 12.2. The second kappa shape index (κ2) is 7.50. The predicted octanol–water partition coefficient (Wildman–Crippen LogP) is 3.80. The molecule has 1 N–H and O–H groups in total. The van der Waals surface area contributed by atoms with Gasteiger partial charge in [0, 0.05) is 5.69 Å². The Bertz CT molecular complexity index is 622. The molecule has 2 rings (SSSR count). The molecule has 2 aromatic carbocycles. The smallest absolute Gasteiger partial charge is 0.265 e. The second-order valence-corrected chi connectivity index (χ2v) is 4.97. The number of anilines is 1. The summed E-state index contributed by atoms with van der Waals surface area (Å²) >= 11 is 0. The van der Waals surface area contributed by atoms with Crippen molar-refractivity contribution in [1.82, 2.24) is 0 Å². The maximum Gasteiger partial charge on any atom is 0.265 e. The molecular weight excluding hydrogens is 278 g/mol. The van der Waals surface area contributed by atoms with Gasteiger partial charge in [0.15, 0.2) is 6.10 Å². The molecule has 4 heteroatoms. The first-order valence-electron chi connectivity index (χ1n) is 7.36. The molecule has 1 unspecified atom stereocenters. The van der Waals surface area contributed by atoms with Crippen molar-refractivity contribution in [2.75, 3.05) is 11.9 Å². The minimum atomic E-state index is -0.586. The summed E-state index contributed by atoms with van der Waals surface area (Å²) < 4.78 is 11.0. The summed E-state index contributed by atoms with van der Waals surface area (Å²) in [6, 6.07) is 14.9. The van der Waals surface area contributed by atoms with Crippen LogP contribution in [0.25, 0.3) is 0 Å². The molecule has 1 atom stereocenters. The zero-order valence-electron chi connectivity index (χ0n) is 13.1. The normalized spacial score (nSPS) is 11.6. The molecule has 0 fully saturated rings. The van der Waals surface area contributed by atoms with Crippen LogP contribution in [-0.2, 0) is 4.79 Å². The average molecular weight is 299 g/mol. The van der Waals surface area contributed by atoms with Crippen LogP contribution in [0.4, 0.5) is 5.69 Å². The largest absolute Gasteiger partial charge is 0.494 e. The Balaban J connectivity index is 1.95. The van der Waals surface area contributed by atoms with Crippen molar-refractivity contribution in [3.63, 3.8) is 0 Å². The van der Waals surface area contributed by atoms with E-state index >= 15 is 0 Å². The highest BCUT2D eigenvalue weighted by Gasteiger charge is 2.15. The van der Waals surface area contributed by atoms with Gasteiger partial charge < -0.3 is 14.8 Å². The molecule has 116 valence electrons. The number of carbonyl (C=O) groups is 1. The monoisotopic (exact) mass is 299 g/mol. The predicted molar refractivity (Wildman–Crippen MR) is 87.5 cm³/mol. The number of para-hydroxylation sites is 1. The molecule has 0 aliphatic rings. The Kier molecular flexibility index (Phi) is 5.42. The summed E-state index contributed by atoms with van der Waals surface area (Å²) in [7, 11) is 0. The number of aryl methyl sites for hydroxylation is 1. The third kappa shape index (κ3) is 4.25. The van der Waals surface area contributed by atoms with E-state index in [-0.39, 0.29) is 5.91 Å². The molecule has 0 aliphatic carbocycles. The maximum atomic E-state index is 12.2. The molecule has 0 saturated heterocycles. The van der Waals surface area contributed by atoms with Crippen molar-refractivity contribution in [2.45, 2.75) is 26.9 Å². The van der Waals surface area contributed by atoms with Crippen LogP contribution in [0.5, 0.6) is 11.5 Å². The molecule has 0 radical (unpaired) electrons. The Morgan fingerprint density at radius 2 is 1.73 bits per heavy atom. The van der Waals surface area contributed by atoms with Gasteiger partial charge in [-0.3, -0.25) is 4.79 Å². The van der Waals surface area contributed by atoms with E-state index in [1.807, 2.05) is 50.2 Å². The standard InChI is InChI=1S/C18H21NO3/c1-4-21-15-9-11-16(12-10-15)22-14(3)18(20)19-17-8-6-5-7-13(17)2/h5-12,14H,4H2,1-3H3,(H,19,20). The van der Waals surface area contributed by atoms with Gasteiger partial charge in [0.25, 0.3) is 5.91 Å². The third-order valence-electron chi connectivity index (χ3n) is 3.22. The van der Waals surface area contributed by atoms with E-state index in [9.17, 15) is 4.79 Å². The fraction of sp³-hybridized carbons (Fsp3) is 0.278. The SMILES string of the molecule is CCOc1ccc(OC(C)C(=O)Nc2ccccc2C)cc1. The molecule has 0 spiro atoms. The van der Waals surface area contributed by atoms with Crippen LogP contribution in [-0.4, -0.2) is 18.6 Å². The van der Waals surface area contributed by atoms with Crippen LogP contribution in [0.15, 0.2) is 48.5 Å². The van der Waals surface area contributed by atoms with E-state index in [0.29, 0.717) is 12.4 Å². The van der Waals surface area contributed by atoms with E-state index in [1.165, 1.54) is 0 Å². The number of amides is 1. The van der Waals surface area contributed by atoms with Crippen molar-refractivity contribution in [1.29, 1.82) is 0 Å². The molecule has 0 bridgehead atoms. The van der Waals surface area contributed by atoms with Crippen LogP contribution < -0.4 is 14.8 Å². The maximum absolute atomic E-state index is 12.2. The molecule has 0 aromatic heterocycles. The Morgan fingerprint density at radius 1 is 1.09 bits per heavy atom. The first-order chi connectivity index (χ1) is 10.6. The summed E-state index contributed by atoms with van der Waals surface area (Å²) in [5, 5.41) is 2.87. The van der Waals surface area contributed by atoms with E-state index in [1.54, 1.807) is 19.1 Å². The van der Waals surface area contributed by atoms with Gasteiger partial charge in [-0.1, -0.05) is 18.2 Å². The van der Waals surface area contributed by atoms with Gasteiger partial charge in [0.1, 0.15) is 11.5 Å². The lowest BCUT2D eigenvalue weighted by atomic mass is 10.2. The number of rotatable bonds is 6. The van der Waals surface area contributed by atoms with Gasteiger partial charge in [-0.05, 0) is 56.7 Å². The molecule has 2 aromatic rings. The quantitative estimate of drug-likeness (QED) is 0.882. The van der Waals surface area contributed by atoms with Gasteiger partial charge in [-0.25, -0.2) is 0 Å². The van der Waals surface area contributed by atoms with Crippen molar-refractivity contribution in [3.8, 4) is 11.5 Å². The topological polar surface area (TPSA) is 47.6 Å². The number of ether oxygens (including phenoxy) is 2. The minimum absolute atomic E-state index is 0.178. The highest BCUT2D eigenvalue weighted by molar-refractivity contribution is 5.94. The average Bonchev–Trinajstić information content (AvgIpc) is 2.51.